The third-order valence-electron chi connectivity index (χ3n) is 5.63. The number of hydrogen-bond donors (Lipinski definition) is 1. The second-order valence-electron chi connectivity index (χ2n) is 7.68. The molecule has 4 nitrogen and oxygen atoms in total. The van der Waals surface area contributed by atoms with Crippen molar-refractivity contribution in [2.75, 3.05) is 13.1 Å². The standard InChI is InChI=1S/C21H23F3N2O2/c22-21(23,24)17-3-1-2-15(12-17)19(14-4-5-14)25-18-6-9-26(10-7-18)20(27)16-8-11-28-13-16/h1-3,8,11-14,18-19,25H,4-7,9-10H2/t19-/m0/s1. The molecule has 0 unspecified atom stereocenters. The van der Waals surface area contributed by atoms with Gasteiger partial charge in [0.05, 0.1) is 17.4 Å². The number of rotatable bonds is 5. The molecule has 1 saturated carbocycles. The van der Waals surface area contributed by atoms with Gasteiger partial charge in [-0.05, 0) is 55.4 Å². The Kier molecular flexibility index (Phi) is 5.19. The minimum absolute atomic E-state index is 0.0381. The summed E-state index contributed by atoms with van der Waals surface area (Å²) in [5.41, 5.74) is 0.651. The van der Waals surface area contributed by atoms with Gasteiger partial charge in [-0.1, -0.05) is 12.1 Å². The zero-order valence-electron chi connectivity index (χ0n) is 15.4. The van der Waals surface area contributed by atoms with E-state index in [1.165, 1.54) is 24.7 Å². The number of alkyl halides is 3. The minimum Gasteiger partial charge on any atom is -0.472 e. The Balaban J connectivity index is 1.40. The lowest BCUT2D eigenvalue weighted by atomic mass is 9.96. The third-order valence-corrected chi connectivity index (χ3v) is 5.63. The number of piperidine rings is 1. The van der Waals surface area contributed by atoms with Crippen LogP contribution in [0.5, 0.6) is 0 Å². The van der Waals surface area contributed by atoms with Crippen LogP contribution < -0.4 is 5.32 Å². The van der Waals surface area contributed by atoms with Gasteiger partial charge in [0.25, 0.3) is 5.91 Å². The quantitative estimate of drug-likeness (QED) is 0.806. The summed E-state index contributed by atoms with van der Waals surface area (Å²) >= 11 is 0. The Bertz CT molecular complexity index is 807. The van der Waals surface area contributed by atoms with Crippen LogP contribution in [0.2, 0.25) is 0 Å². The van der Waals surface area contributed by atoms with Crippen LogP contribution in [-0.4, -0.2) is 29.9 Å². The first kappa shape index (κ1) is 19.1. The van der Waals surface area contributed by atoms with Crippen LogP contribution in [-0.2, 0) is 6.18 Å². The van der Waals surface area contributed by atoms with Crippen molar-refractivity contribution >= 4 is 5.91 Å². The first-order valence-corrected chi connectivity index (χ1v) is 9.66. The predicted molar refractivity (Wildman–Crippen MR) is 97.7 cm³/mol. The van der Waals surface area contributed by atoms with Gasteiger partial charge < -0.3 is 14.6 Å². The molecule has 1 N–H and O–H groups in total. The van der Waals surface area contributed by atoms with Crippen molar-refractivity contribution < 1.29 is 22.4 Å². The minimum atomic E-state index is -4.33. The number of carbonyl (C=O) groups is 1. The number of amides is 1. The number of nitrogens with one attached hydrogen (secondary N) is 1. The van der Waals surface area contributed by atoms with Gasteiger partial charge in [0, 0.05) is 25.2 Å². The Labute approximate surface area is 161 Å². The molecule has 2 aromatic rings. The molecule has 1 saturated heterocycles. The molecule has 0 bridgehead atoms. The largest absolute Gasteiger partial charge is 0.472 e. The van der Waals surface area contributed by atoms with E-state index in [9.17, 15) is 18.0 Å². The molecule has 1 aromatic heterocycles. The monoisotopic (exact) mass is 392 g/mol. The van der Waals surface area contributed by atoms with Gasteiger partial charge in [-0.2, -0.15) is 13.2 Å². The zero-order chi connectivity index (χ0) is 19.7. The third kappa shape index (κ3) is 4.24. The lowest BCUT2D eigenvalue weighted by Crippen LogP contribution is -2.46. The van der Waals surface area contributed by atoms with E-state index in [2.05, 4.69) is 5.32 Å². The van der Waals surface area contributed by atoms with Gasteiger partial charge in [-0.25, -0.2) is 0 Å². The van der Waals surface area contributed by atoms with E-state index in [1.54, 1.807) is 17.0 Å². The van der Waals surface area contributed by atoms with Gasteiger partial charge in [-0.3, -0.25) is 4.79 Å². The van der Waals surface area contributed by atoms with Crippen molar-refractivity contribution in [1.82, 2.24) is 10.2 Å². The highest BCUT2D eigenvalue weighted by Crippen LogP contribution is 2.42. The number of halogens is 3. The first-order chi connectivity index (χ1) is 13.4. The molecule has 0 spiro atoms. The first-order valence-electron chi connectivity index (χ1n) is 9.66. The van der Waals surface area contributed by atoms with Crippen molar-refractivity contribution in [3.8, 4) is 0 Å². The number of carbonyl (C=O) groups excluding carboxylic acids is 1. The Morgan fingerprint density at radius 1 is 1.14 bits per heavy atom. The zero-order valence-corrected chi connectivity index (χ0v) is 15.4. The molecule has 2 aliphatic rings. The van der Waals surface area contributed by atoms with Gasteiger partial charge in [-0.15, -0.1) is 0 Å². The predicted octanol–water partition coefficient (Wildman–Crippen LogP) is 4.64. The van der Waals surface area contributed by atoms with E-state index < -0.39 is 11.7 Å². The molecule has 1 aliphatic carbocycles. The lowest BCUT2D eigenvalue weighted by Gasteiger charge is -2.35. The van der Waals surface area contributed by atoms with Gasteiger partial charge in [0.2, 0.25) is 0 Å². The molecule has 7 heteroatoms. The summed E-state index contributed by atoms with van der Waals surface area (Å²) in [5.74, 6) is 0.345. The lowest BCUT2D eigenvalue weighted by molar-refractivity contribution is -0.137. The van der Waals surface area contributed by atoms with E-state index in [-0.39, 0.29) is 18.0 Å². The molecule has 150 valence electrons. The second-order valence-corrected chi connectivity index (χ2v) is 7.68. The van der Waals surface area contributed by atoms with Crippen molar-refractivity contribution in [2.45, 2.75) is 43.9 Å². The molecule has 28 heavy (non-hydrogen) atoms. The topological polar surface area (TPSA) is 45.5 Å². The van der Waals surface area contributed by atoms with Crippen LogP contribution in [0.3, 0.4) is 0 Å². The summed E-state index contributed by atoms with van der Waals surface area (Å²) in [6.45, 7) is 1.25. The van der Waals surface area contributed by atoms with Gasteiger partial charge in [0.15, 0.2) is 0 Å². The fourth-order valence-corrected chi connectivity index (χ4v) is 3.91. The Hall–Kier alpha value is -2.28. The van der Waals surface area contributed by atoms with Crippen LogP contribution in [0.4, 0.5) is 13.2 Å². The molecule has 1 aliphatic heterocycles. The normalized spacial score (nSPS) is 19.6. The van der Waals surface area contributed by atoms with E-state index in [0.717, 1.165) is 31.7 Å². The van der Waals surface area contributed by atoms with E-state index in [4.69, 9.17) is 4.42 Å². The van der Waals surface area contributed by atoms with Crippen molar-refractivity contribution in [3.63, 3.8) is 0 Å². The summed E-state index contributed by atoms with van der Waals surface area (Å²) in [5, 5.41) is 3.58. The Morgan fingerprint density at radius 3 is 2.50 bits per heavy atom. The fraction of sp³-hybridized carbons (Fsp3) is 0.476. The molecule has 1 atom stereocenters. The summed E-state index contributed by atoms with van der Waals surface area (Å²) in [4.78, 5) is 14.2. The summed E-state index contributed by atoms with van der Waals surface area (Å²) < 4.78 is 44.2. The van der Waals surface area contributed by atoms with Gasteiger partial charge in [0.1, 0.15) is 6.26 Å². The summed E-state index contributed by atoms with van der Waals surface area (Å²) in [6, 6.07) is 7.44. The molecular weight excluding hydrogens is 369 g/mol. The highest BCUT2D eigenvalue weighted by molar-refractivity contribution is 5.93. The van der Waals surface area contributed by atoms with Crippen LogP contribution >= 0.6 is 0 Å². The van der Waals surface area contributed by atoms with E-state index in [1.807, 2.05) is 0 Å². The highest BCUT2D eigenvalue weighted by Gasteiger charge is 2.37. The molecule has 1 amide bonds. The Morgan fingerprint density at radius 2 is 1.89 bits per heavy atom. The molecule has 0 radical (unpaired) electrons. The maximum atomic E-state index is 13.1. The summed E-state index contributed by atoms with van der Waals surface area (Å²) in [7, 11) is 0. The number of nitrogens with zero attached hydrogens (tertiary/aromatic N) is 1. The molecule has 1 aromatic carbocycles. The van der Waals surface area contributed by atoms with E-state index >= 15 is 0 Å². The maximum Gasteiger partial charge on any atom is 0.416 e. The van der Waals surface area contributed by atoms with Crippen molar-refractivity contribution in [3.05, 3.63) is 59.5 Å². The van der Waals surface area contributed by atoms with Crippen LogP contribution in [0.25, 0.3) is 0 Å². The summed E-state index contributed by atoms with van der Waals surface area (Å²) in [6.07, 6.45) is 2.23. The molecule has 2 fully saturated rings. The van der Waals surface area contributed by atoms with Crippen LogP contribution in [0.1, 0.15) is 53.2 Å². The highest BCUT2D eigenvalue weighted by atomic mass is 19.4. The van der Waals surface area contributed by atoms with Gasteiger partial charge >= 0.3 is 6.18 Å². The average Bonchev–Trinajstić information content (AvgIpc) is 3.38. The molecule has 4 rings (SSSR count). The SMILES string of the molecule is O=C(c1ccoc1)N1CCC(N[C@H](c2cccc(C(F)(F)F)c2)C2CC2)CC1. The molecular formula is C21H23F3N2O2. The number of benzene rings is 1. The number of likely N-dealkylation sites (tertiary alicyclic amines) is 1. The van der Waals surface area contributed by atoms with Crippen LogP contribution in [0, 0.1) is 5.92 Å². The number of hydrogen-bond acceptors (Lipinski definition) is 3. The van der Waals surface area contributed by atoms with Crippen molar-refractivity contribution in [2.24, 2.45) is 5.92 Å². The molecule has 2 heterocycles. The maximum absolute atomic E-state index is 13.1. The average molecular weight is 392 g/mol. The smallest absolute Gasteiger partial charge is 0.416 e. The fourth-order valence-electron chi connectivity index (χ4n) is 3.91. The van der Waals surface area contributed by atoms with Crippen LogP contribution in [0.15, 0.2) is 47.3 Å². The van der Waals surface area contributed by atoms with E-state index in [0.29, 0.717) is 30.1 Å². The number of furan rings is 1. The second kappa shape index (κ2) is 7.62. The van der Waals surface area contributed by atoms with Crippen molar-refractivity contribution in [1.29, 1.82) is 0 Å².